The van der Waals surface area contributed by atoms with Gasteiger partial charge in [0.15, 0.2) is 0 Å². The number of hydrogen-bond acceptors (Lipinski definition) is 11. The minimum absolute atomic E-state index is 0.0761. The molecule has 196 valence electrons. The Morgan fingerprint density at radius 3 is 2.37 bits per heavy atom. The van der Waals surface area contributed by atoms with E-state index in [-0.39, 0.29) is 25.1 Å². The molecule has 0 saturated carbocycles. The first-order valence-electron chi connectivity index (χ1n) is 10.5. The van der Waals surface area contributed by atoms with Gasteiger partial charge in [-0.05, 0) is 19.4 Å². The minimum atomic E-state index is -1.59. The van der Waals surface area contributed by atoms with Crippen molar-refractivity contribution in [3.8, 4) is 0 Å². The number of amides is 1. The summed E-state index contributed by atoms with van der Waals surface area (Å²) in [5, 5.41) is 40.6. The number of esters is 1. The summed E-state index contributed by atoms with van der Waals surface area (Å²) in [6, 6.07) is -1.22. The lowest BCUT2D eigenvalue weighted by atomic mass is 10.0. The molecule has 0 aliphatic rings. The lowest BCUT2D eigenvalue weighted by Gasteiger charge is -2.29. The van der Waals surface area contributed by atoms with E-state index in [4.69, 9.17) is 25.4 Å². The van der Waals surface area contributed by atoms with Crippen LogP contribution >= 0.6 is 0 Å². The number of carboxylic acids is 2. The lowest BCUT2D eigenvalue weighted by molar-refractivity contribution is -0.155. The number of nitrogens with one attached hydrogen (secondary N) is 1. The highest BCUT2D eigenvalue weighted by molar-refractivity contribution is 5.93. The molecule has 1 rings (SSSR count). The Kier molecular flexibility index (Phi) is 11.9. The number of nitrogens with zero attached hydrogens (tertiary/aromatic N) is 2. The fourth-order valence-corrected chi connectivity index (χ4v) is 2.88. The number of aliphatic hydroxyl groups is 2. The van der Waals surface area contributed by atoms with E-state index in [0.717, 1.165) is 4.57 Å². The monoisotopic (exact) mass is 502 g/mol. The number of carbonyl (C=O) groups is 4. The third kappa shape index (κ3) is 9.78. The van der Waals surface area contributed by atoms with Crippen LogP contribution in [0.2, 0.25) is 0 Å². The van der Waals surface area contributed by atoms with Crippen LogP contribution < -0.4 is 16.7 Å². The number of ether oxygens (including phenoxy) is 2. The normalized spacial score (nSPS) is 15.3. The van der Waals surface area contributed by atoms with Gasteiger partial charge in [-0.15, -0.1) is 0 Å². The summed E-state index contributed by atoms with van der Waals surface area (Å²) in [5.74, 6) is -4.06. The van der Waals surface area contributed by atoms with Gasteiger partial charge in [-0.3, -0.25) is 23.7 Å². The molecule has 15 heteroatoms. The lowest BCUT2D eigenvalue weighted by Crippen LogP contribution is -2.46. The van der Waals surface area contributed by atoms with Crippen molar-refractivity contribution in [1.82, 2.24) is 9.55 Å². The maximum Gasteiger partial charge on any atom is 0.349 e. The van der Waals surface area contributed by atoms with Crippen molar-refractivity contribution in [3.05, 3.63) is 22.7 Å². The van der Waals surface area contributed by atoms with Crippen LogP contribution in [0.4, 0.5) is 5.82 Å². The SMILES string of the molecule is COC(COC(=O)CCCC(=O)O)C(O)C(O)C(C)n1ccc(NC(=O)CC(N)C(=O)O)nc1=O. The summed E-state index contributed by atoms with van der Waals surface area (Å²) in [5.41, 5.74) is 4.39. The second-order valence-electron chi connectivity index (χ2n) is 7.63. The molecule has 0 bridgehead atoms. The number of aromatic nitrogens is 2. The third-order valence-corrected chi connectivity index (χ3v) is 4.97. The van der Waals surface area contributed by atoms with Crippen LogP contribution in [0.25, 0.3) is 0 Å². The number of anilines is 1. The van der Waals surface area contributed by atoms with Gasteiger partial charge in [0.2, 0.25) is 5.91 Å². The molecule has 0 spiro atoms. The highest BCUT2D eigenvalue weighted by Crippen LogP contribution is 2.17. The first-order chi connectivity index (χ1) is 16.4. The third-order valence-electron chi connectivity index (χ3n) is 4.97. The van der Waals surface area contributed by atoms with Gasteiger partial charge in [0.1, 0.15) is 36.8 Å². The van der Waals surface area contributed by atoms with E-state index in [1.54, 1.807) is 0 Å². The number of rotatable bonds is 15. The molecule has 0 fully saturated rings. The van der Waals surface area contributed by atoms with E-state index in [1.165, 1.54) is 26.3 Å². The van der Waals surface area contributed by atoms with Gasteiger partial charge in [-0.1, -0.05) is 0 Å². The average Bonchev–Trinajstić information content (AvgIpc) is 2.78. The van der Waals surface area contributed by atoms with Crippen molar-refractivity contribution >= 4 is 29.6 Å². The standard InChI is InChI=1S/C20H30N4O11/c1-10(17(29)18(30)12(34-2)9-35-16(28)5-3-4-15(26)27)24-7-6-13(23-20(24)33)22-14(25)8-11(21)19(31)32/h6-7,10-12,17-18,29-30H,3-5,8-9,21H2,1-2H3,(H,26,27)(H,31,32)(H,22,23,25,33). The van der Waals surface area contributed by atoms with Crippen LogP contribution in [0.15, 0.2) is 17.1 Å². The Hall–Kier alpha value is -3.40. The first kappa shape index (κ1) is 29.6. The number of hydrogen-bond donors (Lipinski definition) is 6. The van der Waals surface area contributed by atoms with Crippen molar-refractivity contribution in [1.29, 1.82) is 0 Å². The van der Waals surface area contributed by atoms with E-state index >= 15 is 0 Å². The van der Waals surface area contributed by atoms with Crippen molar-refractivity contribution in [2.45, 2.75) is 63.0 Å². The maximum absolute atomic E-state index is 12.4. The van der Waals surface area contributed by atoms with Crippen molar-refractivity contribution < 1.29 is 49.1 Å². The minimum Gasteiger partial charge on any atom is -0.481 e. The largest absolute Gasteiger partial charge is 0.481 e. The van der Waals surface area contributed by atoms with E-state index < -0.39 is 72.9 Å². The Balaban J connectivity index is 2.75. The van der Waals surface area contributed by atoms with Crippen LogP contribution in [0.1, 0.15) is 38.6 Å². The fraction of sp³-hybridized carbons (Fsp3) is 0.600. The smallest absolute Gasteiger partial charge is 0.349 e. The maximum atomic E-state index is 12.4. The molecule has 1 heterocycles. The van der Waals surface area contributed by atoms with Crippen LogP contribution in [0.3, 0.4) is 0 Å². The van der Waals surface area contributed by atoms with Gasteiger partial charge in [0.05, 0.1) is 12.5 Å². The zero-order chi connectivity index (χ0) is 26.7. The molecule has 0 aromatic carbocycles. The molecule has 7 N–H and O–H groups in total. The van der Waals surface area contributed by atoms with Gasteiger partial charge in [-0.25, -0.2) is 4.79 Å². The second-order valence-corrected chi connectivity index (χ2v) is 7.63. The van der Waals surface area contributed by atoms with Crippen molar-refractivity contribution in [2.24, 2.45) is 5.73 Å². The van der Waals surface area contributed by atoms with Gasteiger partial charge in [0, 0.05) is 26.1 Å². The van der Waals surface area contributed by atoms with Crippen LogP contribution in [0, 0.1) is 0 Å². The quantitative estimate of drug-likeness (QED) is 0.143. The predicted molar refractivity (Wildman–Crippen MR) is 117 cm³/mol. The number of carboxylic acid groups (broad SMARTS) is 2. The predicted octanol–water partition coefficient (Wildman–Crippen LogP) is -1.92. The van der Waals surface area contributed by atoms with Gasteiger partial charge < -0.3 is 41.0 Å². The number of aliphatic hydroxyl groups excluding tert-OH is 2. The van der Waals surface area contributed by atoms with Crippen molar-refractivity contribution in [3.63, 3.8) is 0 Å². The molecule has 0 radical (unpaired) electrons. The molecule has 0 saturated heterocycles. The molecule has 35 heavy (non-hydrogen) atoms. The highest BCUT2D eigenvalue weighted by Gasteiger charge is 2.32. The molecule has 5 unspecified atom stereocenters. The van der Waals surface area contributed by atoms with Crippen LogP contribution in [0.5, 0.6) is 0 Å². The fourth-order valence-electron chi connectivity index (χ4n) is 2.88. The van der Waals surface area contributed by atoms with E-state index in [1.807, 2.05) is 0 Å². The summed E-state index contributed by atoms with van der Waals surface area (Å²) < 4.78 is 11.0. The van der Waals surface area contributed by atoms with Gasteiger partial charge in [-0.2, -0.15) is 4.98 Å². The average molecular weight is 502 g/mol. The molecule has 1 aromatic heterocycles. The Morgan fingerprint density at radius 1 is 1.17 bits per heavy atom. The molecule has 5 atom stereocenters. The molecular weight excluding hydrogens is 472 g/mol. The molecule has 1 amide bonds. The first-order valence-corrected chi connectivity index (χ1v) is 10.5. The number of methoxy groups -OCH3 is 1. The zero-order valence-electron chi connectivity index (χ0n) is 19.2. The summed E-state index contributed by atoms with van der Waals surface area (Å²) in [7, 11) is 1.21. The molecule has 0 aliphatic carbocycles. The molecule has 15 nitrogen and oxygen atoms in total. The molecule has 1 aromatic rings. The summed E-state index contributed by atoms with van der Waals surface area (Å²) >= 11 is 0. The molecular formula is C20H30N4O11. The summed E-state index contributed by atoms with van der Waals surface area (Å²) in [6.45, 7) is 0.982. The Morgan fingerprint density at radius 2 is 1.83 bits per heavy atom. The highest BCUT2D eigenvalue weighted by atomic mass is 16.6. The van der Waals surface area contributed by atoms with E-state index in [0.29, 0.717) is 0 Å². The summed E-state index contributed by atoms with van der Waals surface area (Å²) in [6.07, 6.45) is -3.93. The van der Waals surface area contributed by atoms with Crippen LogP contribution in [-0.4, -0.2) is 91.9 Å². The Labute approximate surface area is 199 Å². The molecule has 0 aliphatic heterocycles. The summed E-state index contributed by atoms with van der Waals surface area (Å²) in [4.78, 5) is 60.7. The number of aliphatic carboxylic acids is 2. The van der Waals surface area contributed by atoms with E-state index in [2.05, 4.69) is 10.3 Å². The van der Waals surface area contributed by atoms with E-state index in [9.17, 15) is 34.2 Å². The van der Waals surface area contributed by atoms with Gasteiger partial charge in [0.25, 0.3) is 0 Å². The topological polar surface area (TPSA) is 241 Å². The number of carbonyl (C=O) groups excluding carboxylic acids is 2. The van der Waals surface area contributed by atoms with Gasteiger partial charge >= 0.3 is 23.6 Å². The second kappa shape index (κ2) is 14.1. The Bertz CT molecular complexity index is 951. The number of nitrogens with two attached hydrogens (primary N) is 1. The van der Waals surface area contributed by atoms with Crippen molar-refractivity contribution in [2.75, 3.05) is 19.0 Å². The zero-order valence-corrected chi connectivity index (χ0v) is 19.2. The van der Waals surface area contributed by atoms with Crippen LogP contribution in [-0.2, 0) is 28.7 Å².